The van der Waals surface area contributed by atoms with Crippen molar-refractivity contribution in [3.8, 4) is 0 Å². The first-order valence-electron chi connectivity index (χ1n) is 5.97. The van der Waals surface area contributed by atoms with Crippen LogP contribution in [0, 0.1) is 6.92 Å². The smallest absolute Gasteiger partial charge is 0.105 e. The topological polar surface area (TPSA) is 38.1 Å². The summed E-state index contributed by atoms with van der Waals surface area (Å²) in [4.78, 5) is 5.64. The molecule has 0 aliphatic carbocycles. The fraction of sp³-hybridized carbons (Fsp3) is 0.462. The molecule has 0 aromatic carbocycles. The first-order valence-corrected chi connectivity index (χ1v) is 6.85. The van der Waals surface area contributed by atoms with Crippen molar-refractivity contribution in [3.63, 3.8) is 0 Å². The molecule has 2 aromatic rings. The van der Waals surface area contributed by atoms with E-state index in [-0.39, 0.29) is 0 Å². The molecule has 2 aromatic heterocycles. The van der Waals surface area contributed by atoms with Gasteiger partial charge in [0, 0.05) is 11.3 Å². The van der Waals surface area contributed by atoms with Gasteiger partial charge in [0.15, 0.2) is 0 Å². The summed E-state index contributed by atoms with van der Waals surface area (Å²) in [5.41, 5.74) is 3.03. The molecule has 0 fully saturated rings. The largest absolute Gasteiger partial charge is 0.469 e. The number of nitrogens with one attached hydrogen (secondary N) is 1. The average Bonchev–Trinajstić information content (AvgIpc) is 2.95. The minimum atomic E-state index is 0.314. The molecule has 0 radical (unpaired) electrons. The Labute approximate surface area is 106 Å². The zero-order valence-electron chi connectivity index (χ0n) is 10.3. The Morgan fingerprint density at radius 1 is 1.53 bits per heavy atom. The van der Waals surface area contributed by atoms with Crippen LogP contribution in [0.5, 0.6) is 0 Å². The van der Waals surface area contributed by atoms with Gasteiger partial charge in [0.05, 0.1) is 23.5 Å². The molecular formula is C13H18N2OS. The van der Waals surface area contributed by atoms with Gasteiger partial charge in [0.2, 0.25) is 0 Å². The molecule has 1 atom stereocenters. The summed E-state index contributed by atoms with van der Waals surface area (Å²) in [6, 6.07) is 4.27. The van der Waals surface area contributed by atoms with E-state index in [1.807, 2.05) is 17.6 Å². The summed E-state index contributed by atoms with van der Waals surface area (Å²) in [6.45, 7) is 5.26. The Bertz CT molecular complexity index is 436. The molecular weight excluding hydrogens is 232 g/mol. The Morgan fingerprint density at radius 3 is 3.00 bits per heavy atom. The predicted molar refractivity (Wildman–Crippen MR) is 70.3 cm³/mol. The quantitative estimate of drug-likeness (QED) is 0.854. The van der Waals surface area contributed by atoms with Crippen LogP contribution in [-0.4, -0.2) is 11.5 Å². The van der Waals surface area contributed by atoms with E-state index >= 15 is 0 Å². The van der Waals surface area contributed by atoms with Gasteiger partial charge in [-0.15, -0.1) is 11.3 Å². The summed E-state index contributed by atoms with van der Waals surface area (Å²) >= 11 is 1.71. The van der Waals surface area contributed by atoms with Gasteiger partial charge in [-0.25, -0.2) is 4.98 Å². The normalized spacial score (nSPS) is 12.8. The summed E-state index contributed by atoms with van der Waals surface area (Å²) in [5, 5.41) is 3.56. The lowest BCUT2D eigenvalue weighted by atomic mass is 10.1. The van der Waals surface area contributed by atoms with E-state index in [1.54, 1.807) is 17.6 Å². The summed E-state index contributed by atoms with van der Waals surface area (Å²) in [5.74, 6) is 1.02. The molecule has 3 nitrogen and oxygen atoms in total. The van der Waals surface area contributed by atoms with Gasteiger partial charge in [-0.05, 0) is 32.0 Å². The van der Waals surface area contributed by atoms with Gasteiger partial charge in [-0.3, -0.25) is 0 Å². The third-order valence-electron chi connectivity index (χ3n) is 2.73. The maximum absolute atomic E-state index is 5.43. The number of nitrogens with zero attached hydrogens (tertiary/aromatic N) is 1. The van der Waals surface area contributed by atoms with Crippen LogP contribution in [-0.2, 0) is 6.42 Å². The van der Waals surface area contributed by atoms with E-state index < -0.39 is 0 Å². The van der Waals surface area contributed by atoms with Gasteiger partial charge < -0.3 is 9.73 Å². The molecule has 0 saturated carbocycles. The first kappa shape index (κ1) is 12.3. The number of rotatable bonds is 6. The monoisotopic (exact) mass is 250 g/mol. The maximum atomic E-state index is 5.43. The van der Waals surface area contributed by atoms with E-state index in [0.29, 0.717) is 6.04 Å². The molecule has 92 valence electrons. The van der Waals surface area contributed by atoms with E-state index in [4.69, 9.17) is 4.42 Å². The van der Waals surface area contributed by atoms with Crippen LogP contribution in [0.3, 0.4) is 0 Å². The molecule has 0 amide bonds. The summed E-state index contributed by atoms with van der Waals surface area (Å²) in [7, 11) is 0. The van der Waals surface area contributed by atoms with E-state index in [1.165, 1.54) is 4.88 Å². The van der Waals surface area contributed by atoms with Gasteiger partial charge in [0.1, 0.15) is 5.76 Å². The fourth-order valence-corrected chi connectivity index (χ4v) is 2.73. The second-order valence-corrected chi connectivity index (χ2v) is 4.98. The number of thiazole rings is 1. The second-order valence-electron chi connectivity index (χ2n) is 4.09. The lowest BCUT2D eigenvalue weighted by molar-refractivity contribution is 0.451. The number of hydrogen-bond acceptors (Lipinski definition) is 4. The van der Waals surface area contributed by atoms with Gasteiger partial charge in [-0.1, -0.05) is 6.92 Å². The first-order chi connectivity index (χ1) is 8.31. The van der Waals surface area contributed by atoms with Crippen molar-refractivity contribution in [1.82, 2.24) is 10.3 Å². The number of aryl methyl sites for hydroxylation is 1. The Morgan fingerprint density at radius 2 is 2.41 bits per heavy atom. The molecule has 0 bridgehead atoms. The van der Waals surface area contributed by atoms with Crippen LogP contribution in [0.1, 0.15) is 35.7 Å². The highest BCUT2D eigenvalue weighted by molar-refractivity contribution is 7.09. The predicted octanol–water partition coefficient (Wildman–Crippen LogP) is 3.33. The third kappa shape index (κ3) is 3.17. The van der Waals surface area contributed by atoms with Gasteiger partial charge >= 0.3 is 0 Å². The maximum Gasteiger partial charge on any atom is 0.105 e. The van der Waals surface area contributed by atoms with Gasteiger partial charge in [0.25, 0.3) is 0 Å². The lowest BCUT2D eigenvalue weighted by Crippen LogP contribution is -2.23. The zero-order valence-corrected chi connectivity index (χ0v) is 11.1. The minimum Gasteiger partial charge on any atom is -0.469 e. The average molecular weight is 250 g/mol. The van der Waals surface area contributed by atoms with Crippen molar-refractivity contribution in [2.45, 2.75) is 32.7 Å². The molecule has 2 heterocycles. The van der Waals surface area contributed by atoms with Crippen molar-refractivity contribution in [2.75, 3.05) is 6.54 Å². The molecule has 0 aliphatic rings. The Balaban J connectivity index is 2.11. The Hall–Kier alpha value is -1.13. The van der Waals surface area contributed by atoms with Crippen molar-refractivity contribution in [2.24, 2.45) is 0 Å². The van der Waals surface area contributed by atoms with Gasteiger partial charge in [-0.2, -0.15) is 0 Å². The molecule has 0 spiro atoms. The Kier molecular flexibility index (Phi) is 4.34. The second kappa shape index (κ2) is 5.98. The van der Waals surface area contributed by atoms with Crippen molar-refractivity contribution < 1.29 is 4.42 Å². The number of aromatic nitrogens is 1. The molecule has 4 heteroatoms. The van der Waals surface area contributed by atoms with Crippen LogP contribution < -0.4 is 5.32 Å². The number of hydrogen-bond donors (Lipinski definition) is 1. The fourth-order valence-electron chi connectivity index (χ4n) is 1.85. The van der Waals surface area contributed by atoms with E-state index in [0.717, 1.165) is 30.8 Å². The molecule has 1 unspecified atom stereocenters. The molecule has 17 heavy (non-hydrogen) atoms. The summed E-state index contributed by atoms with van der Waals surface area (Å²) < 4.78 is 5.43. The van der Waals surface area contributed by atoms with Crippen LogP contribution in [0.4, 0.5) is 0 Å². The highest BCUT2D eigenvalue weighted by Gasteiger charge is 2.17. The highest BCUT2D eigenvalue weighted by Crippen LogP contribution is 2.25. The van der Waals surface area contributed by atoms with Crippen LogP contribution >= 0.6 is 11.3 Å². The van der Waals surface area contributed by atoms with Crippen LogP contribution in [0.2, 0.25) is 0 Å². The minimum absolute atomic E-state index is 0.314. The molecule has 0 aliphatic heterocycles. The van der Waals surface area contributed by atoms with E-state index in [2.05, 4.69) is 24.1 Å². The highest BCUT2D eigenvalue weighted by atomic mass is 32.1. The molecule has 0 saturated heterocycles. The van der Waals surface area contributed by atoms with Crippen LogP contribution in [0.25, 0.3) is 0 Å². The van der Waals surface area contributed by atoms with Crippen molar-refractivity contribution >= 4 is 11.3 Å². The SMILES string of the molecule is CCCNC(Cc1ccco1)c1scnc1C. The van der Waals surface area contributed by atoms with Crippen molar-refractivity contribution in [1.29, 1.82) is 0 Å². The standard InChI is InChI=1S/C13H18N2OS/c1-3-6-14-12(8-11-5-4-7-16-11)13-10(2)15-9-17-13/h4-5,7,9,12,14H,3,6,8H2,1-2H3. The summed E-state index contributed by atoms with van der Waals surface area (Å²) in [6.07, 6.45) is 3.74. The lowest BCUT2D eigenvalue weighted by Gasteiger charge is -2.16. The third-order valence-corrected chi connectivity index (χ3v) is 3.77. The zero-order chi connectivity index (χ0) is 12.1. The molecule has 2 rings (SSSR count). The number of furan rings is 1. The van der Waals surface area contributed by atoms with E-state index in [9.17, 15) is 0 Å². The molecule has 1 N–H and O–H groups in total. The van der Waals surface area contributed by atoms with Crippen LogP contribution in [0.15, 0.2) is 28.3 Å². The van der Waals surface area contributed by atoms with Crippen molar-refractivity contribution in [3.05, 3.63) is 40.2 Å².